The van der Waals surface area contributed by atoms with E-state index in [1.807, 2.05) is 14.1 Å². The summed E-state index contributed by atoms with van der Waals surface area (Å²) in [5.41, 5.74) is 0.0748. The standard InChI is InChI=1S/C16H26N4O3/c1-5-12(6-2)15(19(3)4)11-17-16(21)18-13-9-7-8-10-14(13)20(22)23/h7-10,12,15H,5-6,11H2,1-4H3,(H2,17,18,21)/t15-/m1/s1. The molecule has 1 rings (SSSR count). The molecular weight excluding hydrogens is 296 g/mol. The molecule has 7 nitrogen and oxygen atoms in total. The number of nitro benzene ring substituents is 1. The molecule has 128 valence electrons. The molecule has 0 aliphatic heterocycles. The third kappa shape index (κ3) is 5.52. The highest BCUT2D eigenvalue weighted by Gasteiger charge is 2.22. The van der Waals surface area contributed by atoms with Crippen LogP contribution in [0.25, 0.3) is 0 Å². The van der Waals surface area contributed by atoms with Gasteiger partial charge in [0.25, 0.3) is 5.69 Å². The molecule has 0 radical (unpaired) electrons. The largest absolute Gasteiger partial charge is 0.336 e. The fraction of sp³-hybridized carbons (Fsp3) is 0.562. The summed E-state index contributed by atoms with van der Waals surface area (Å²) in [7, 11) is 3.98. The number of hydrogen-bond acceptors (Lipinski definition) is 4. The molecule has 0 spiro atoms. The highest BCUT2D eigenvalue weighted by molar-refractivity contribution is 5.91. The fourth-order valence-electron chi connectivity index (χ4n) is 2.71. The van der Waals surface area contributed by atoms with Crippen molar-refractivity contribution in [1.29, 1.82) is 0 Å². The monoisotopic (exact) mass is 322 g/mol. The van der Waals surface area contributed by atoms with Gasteiger partial charge in [0.1, 0.15) is 5.69 Å². The topological polar surface area (TPSA) is 87.5 Å². The molecule has 1 aromatic rings. The minimum atomic E-state index is -0.511. The molecule has 7 heteroatoms. The van der Waals surface area contributed by atoms with Crippen molar-refractivity contribution < 1.29 is 9.72 Å². The average molecular weight is 322 g/mol. The lowest BCUT2D eigenvalue weighted by molar-refractivity contribution is -0.383. The van der Waals surface area contributed by atoms with Crippen LogP contribution in [-0.4, -0.2) is 42.5 Å². The molecule has 0 bridgehead atoms. The number of rotatable bonds is 8. The quantitative estimate of drug-likeness (QED) is 0.569. The Bertz CT molecular complexity index is 530. The van der Waals surface area contributed by atoms with Crippen molar-refractivity contribution >= 4 is 17.4 Å². The Kier molecular flexibility index (Phi) is 7.47. The number of likely N-dealkylation sites (N-methyl/N-ethyl adjacent to an activating group) is 1. The molecule has 23 heavy (non-hydrogen) atoms. The van der Waals surface area contributed by atoms with E-state index >= 15 is 0 Å². The summed E-state index contributed by atoms with van der Waals surface area (Å²) in [6.07, 6.45) is 2.07. The summed E-state index contributed by atoms with van der Waals surface area (Å²) >= 11 is 0. The van der Waals surface area contributed by atoms with E-state index < -0.39 is 11.0 Å². The molecule has 0 heterocycles. The zero-order valence-corrected chi connectivity index (χ0v) is 14.2. The number of carbonyl (C=O) groups is 1. The predicted octanol–water partition coefficient (Wildman–Crippen LogP) is 3.08. The number of nitro groups is 1. The van der Waals surface area contributed by atoms with E-state index in [1.54, 1.807) is 12.1 Å². The molecule has 0 aliphatic carbocycles. The van der Waals surface area contributed by atoms with E-state index in [9.17, 15) is 14.9 Å². The van der Waals surface area contributed by atoms with E-state index in [2.05, 4.69) is 29.4 Å². The number of nitrogens with zero attached hydrogens (tertiary/aromatic N) is 2. The molecule has 0 aliphatic rings. The molecule has 2 N–H and O–H groups in total. The smallest absolute Gasteiger partial charge is 0.319 e. The summed E-state index contributed by atoms with van der Waals surface area (Å²) in [5, 5.41) is 16.3. The lowest BCUT2D eigenvalue weighted by Gasteiger charge is -2.31. The van der Waals surface area contributed by atoms with Crippen molar-refractivity contribution in [2.75, 3.05) is 26.0 Å². The van der Waals surface area contributed by atoms with Crippen molar-refractivity contribution in [2.24, 2.45) is 5.92 Å². The second-order valence-electron chi connectivity index (χ2n) is 5.72. The first kappa shape index (κ1) is 18.9. The van der Waals surface area contributed by atoms with Crippen LogP contribution in [0.1, 0.15) is 26.7 Å². The van der Waals surface area contributed by atoms with Crippen molar-refractivity contribution in [3.63, 3.8) is 0 Å². The van der Waals surface area contributed by atoms with Crippen LogP contribution in [-0.2, 0) is 0 Å². The van der Waals surface area contributed by atoms with Crippen molar-refractivity contribution in [2.45, 2.75) is 32.7 Å². The highest BCUT2D eigenvalue weighted by Crippen LogP contribution is 2.23. The van der Waals surface area contributed by atoms with Crippen molar-refractivity contribution in [3.05, 3.63) is 34.4 Å². The zero-order valence-electron chi connectivity index (χ0n) is 14.2. The van der Waals surface area contributed by atoms with Crippen LogP contribution in [0.5, 0.6) is 0 Å². The lowest BCUT2D eigenvalue weighted by atomic mass is 9.93. The van der Waals surface area contributed by atoms with Gasteiger partial charge in [-0.25, -0.2) is 4.79 Å². The van der Waals surface area contributed by atoms with Crippen LogP contribution in [0.2, 0.25) is 0 Å². The molecule has 0 saturated carbocycles. The Morgan fingerprint density at radius 2 is 1.87 bits per heavy atom. The predicted molar refractivity (Wildman–Crippen MR) is 91.7 cm³/mol. The average Bonchev–Trinajstić information content (AvgIpc) is 2.51. The summed E-state index contributed by atoms with van der Waals surface area (Å²) in [5.74, 6) is 0.483. The number of hydrogen-bond donors (Lipinski definition) is 2. The first-order valence-electron chi connectivity index (χ1n) is 7.85. The number of anilines is 1. The van der Waals surface area contributed by atoms with Gasteiger partial charge in [-0.2, -0.15) is 0 Å². The first-order valence-corrected chi connectivity index (χ1v) is 7.85. The van der Waals surface area contributed by atoms with Gasteiger partial charge in [-0.15, -0.1) is 0 Å². The summed E-state index contributed by atoms with van der Waals surface area (Å²) in [4.78, 5) is 24.6. The Morgan fingerprint density at radius 1 is 1.26 bits per heavy atom. The molecule has 0 saturated heterocycles. The van der Waals surface area contributed by atoms with Crippen LogP contribution in [0.4, 0.5) is 16.2 Å². The van der Waals surface area contributed by atoms with E-state index in [1.165, 1.54) is 12.1 Å². The maximum Gasteiger partial charge on any atom is 0.319 e. The van der Waals surface area contributed by atoms with Gasteiger partial charge >= 0.3 is 6.03 Å². The number of para-hydroxylation sites is 2. The van der Waals surface area contributed by atoms with Crippen LogP contribution < -0.4 is 10.6 Å². The number of benzene rings is 1. The van der Waals surface area contributed by atoms with Gasteiger partial charge in [0.2, 0.25) is 0 Å². The Hall–Kier alpha value is -2.15. The highest BCUT2D eigenvalue weighted by atomic mass is 16.6. The lowest BCUT2D eigenvalue weighted by Crippen LogP contribution is -2.45. The van der Waals surface area contributed by atoms with Crippen molar-refractivity contribution in [1.82, 2.24) is 10.2 Å². The SMILES string of the molecule is CCC(CC)[C@@H](CNC(=O)Nc1ccccc1[N+](=O)[O-])N(C)C. The first-order chi connectivity index (χ1) is 10.9. The fourth-order valence-corrected chi connectivity index (χ4v) is 2.71. The van der Waals surface area contributed by atoms with E-state index in [-0.39, 0.29) is 17.4 Å². The van der Waals surface area contributed by atoms with Gasteiger partial charge < -0.3 is 15.5 Å². The van der Waals surface area contributed by atoms with Gasteiger partial charge in [-0.05, 0) is 26.1 Å². The maximum absolute atomic E-state index is 12.1. The molecule has 0 fully saturated rings. The summed E-state index contributed by atoms with van der Waals surface area (Å²) < 4.78 is 0. The van der Waals surface area contributed by atoms with E-state index in [4.69, 9.17) is 0 Å². The van der Waals surface area contributed by atoms with Gasteiger partial charge in [-0.3, -0.25) is 10.1 Å². The minimum absolute atomic E-state index is 0.119. The van der Waals surface area contributed by atoms with Gasteiger partial charge in [0, 0.05) is 18.7 Å². The summed E-state index contributed by atoms with van der Waals surface area (Å²) in [6.45, 7) is 4.77. The molecule has 1 aromatic carbocycles. The molecule has 1 atom stereocenters. The third-order valence-electron chi connectivity index (χ3n) is 4.08. The Labute approximate surface area is 137 Å². The zero-order chi connectivity index (χ0) is 17.4. The number of nitrogens with one attached hydrogen (secondary N) is 2. The van der Waals surface area contributed by atoms with Crippen LogP contribution >= 0.6 is 0 Å². The number of carbonyl (C=O) groups excluding carboxylic acids is 1. The van der Waals surface area contributed by atoms with Crippen LogP contribution in [0.15, 0.2) is 24.3 Å². The molecule has 2 amide bonds. The van der Waals surface area contributed by atoms with Gasteiger partial charge in [0.15, 0.2) is 0 Å². The summed E-state index contributed by atoms with van der Waals surface area (Å²) in [6, 6.07) is 5.88. The van der Waals surface area contributed by atoms with Crippen LogP contribution in [0, 0.1) is 16.0 Å². The second kappa shape index (κ2) is 9.09. The number of amides is 2. The van der Waals surface area contributed by atoms with E-state index in [0.29, 0.717) is 12.5 Å². The maximum atomic E-state index is 12.1. The second-order valence-corrected chi connectivity index (χ2v) is 5.72. The van der Waals surface area contributed by atoms with Crippen molar-refractivity contribution in [3.8, 4) is 0 Å². The molecule has 0 aromatic heterocycles. The Morgan fingerprint density at radius 3 is 2.39 bits per heavy atom. The molecule has 0 unspecified atom stereocenters. The number of urea groups is 1. The minimum Gasteiger partial charge on any atom is -0.336 e. The Balaban J connectivity index is 2.68. The molecular formula is C16H26N4O3. The van der Waals surface area contributed by atoms with E-state index in [0.717, 1.165) is 12.8 Å². The van der Waals surface area contributed by atoms with Gasteiger partial charge in [-0.1, -0.05) is 38.8 Å². The third-order valence-corrected chi connectivity index (χ3v) is 4.08. The normalized spacial score (nSPS) is 12.3. The van der Waals surface area contributed by atoms with Crippen LogP contribution in [0.3, 0.4) is 0 Å². The van der Waals surface area contributed by atoms with Gasteiger partial charge in [0.05, 0.1) is 4.92 Å².